The Kier molecular flexibility index (Phi) is 7.65. The van der Waals surface area contributed by atoms with Crippen molar-refractivity contribution in [2.24, 2.45) is 0 Å². The van der Waals surface area contributed by atoms with Gasteiger partial charge in [0.25, 0.3) is 17.7 Å². The molecule has 1 aliphatic rings. The average Bonchev–Trinajstić information content (AvgIpc) is 3.51. The first-order valence-corrected chi connectivity index (χ1v) is 13.3. The van der Waals surface area contributed by atoms with Crippen molar-refractivity contribution in [1.29, 1.82) is 0 Å². The number of ether oxygens (including phenoxy) is 1. The maximum atomic E-state index is 13.2. The van der Waals surface area contributed by atoms with Crippen LogP contribution < -0.4 is 15.5 Å². The fraction of sp³-hybridized carbons (Fsp3) is 0.0357. The van der Waals surface area contributed by atoms with Gasteiger partial charge in [0.1, 0.15) is 10.7 Å². The summed E-state index contributed by atoms with van der Waals surface area (Å²) in [6, 6.07) is 19.4. The summed E-state index contributed by atoms with van der Waals surface area (Å²) >= 11 is 13.5. The van der Waals surface area contributed by atoms with Crippen LogP contribution in [0.15, 0.2) is 88.9 Å². The van der Waals surface area contributed by atoms with Gasteiger partial charge in [0.2, 0.25) is 0 Å². The Labute approximate surface area is 242 Å². The predicted octanol–water partition coefficient (Wildman–Crippen LogP) is 5.94. The van der Waals surface area contributed by atoms with E-state index < -0.39 is 23.7 Å². The number of hydrogen-bond acceptors (Lipinski definition) is 8. The van der Waals surface area contributed by atoms with Crippen LogP contribution in [0.2, 0.25) is 5.02 Å². The SMILES string of the molecule is COC(=O)c1cccc(N2C(=O)C(Cl)=C(Nc3cccc(C(=O)Nc4nc(-c5ccc(Cl)cc5)cs4)c3)C2=O)c1. The van der Waals surface area contributed by atoms with Crippen molar-refractivity contribution in [1.82, 2.24) is 4.98 Å². The molecule has 3 aromatic carbocycles. The number of anilines is 3. The van der Waals surface area contributed by atoms with Gasteiger partial charge in [0, 0.05) is 27.2 Å². The number of halogens is 2. The highest BCUT2D eigenvalue weighted by molar-refractivity contribution is 7.14. The van der Waals surface area contributed by atoms with Crippen molar-refractivity contribution in [3.05, 3.63) is 105 Å². The fourth-order valence-corrected chi connectivity index (χ4v) is 4.93. The Hall–Kier alpha value is -4.51. The lowest BCUT2D eigenvalue weighted by Crippen LogP contribution is -2.32. The van der Waals surface area contributed by atoms with Crippen molar-refractivity contribution >= 4 is 74.7 Å². The molecule has 2 N–H and O–H groups in total. The molecule has 4 aromatic rings. The quantitative estimate of drug-likeness (QED) is 0.201. The fourth-order valence-electron chi connectivity index (χ4n) is 3.87. The van der Waals surface area contributed by atoms with E-state index in [1.165, 1.54) is 48.8 Å². The van der Waals surface area contributed by atoms with E-state index in [9.17, 15) is 19.2 Å². The molecule has 0 bridgehead atoms. The lowest BCUT2D eigenvalue weighted by atomic mass is 10.2. The number of nitrogens with one attached hydrogen (secondary N) is 2. The first-order valence-electron chi connectivity index (χ1n) is 11.6. The lowest BCUT2D eigenvalue weighted by molar-refractivity contribution is -0.120. The minimum absolute atomic E-state index is 0.155. The normalized spacial score (nSPS) is 13.0. The number of imide groups is 1. The topological polar surface area (TPSA) is 118 Å². The number of amides is 3. The second-order valence-corrected chi connectivity index (χ2v) is 10.1. The Morgan fingerprint density at radius 3 is 2.40 bits per heavy atom. The number of aromatic nitrogens is 1. The van der Waals surface area contributed by atoms with Gasteiger partial charge in [-0.3, -0.25) is 19.7 Å². The summed E-state index contributed by atoms with van der Waals surface area (Å²) in [6.45, 7) is 0. The smallest absolute Gasteiger partial charge is 0.337 e. The molecule has 3 amide bonds. The third-order valence-corrected chi connectivity index (χ3v) is 7.17. The van der Waals surface area contributed by atoms with Crippen LogP contribution >= 0.6 is 34.5 Å². The number of methoxy groups -OCH3 is 1. The molecule has 0 saturated carbocycles. The molecular weight excluding hydrogens is 575 g/mol. The molecule has 5 rings (SSSR count). The highest BCUT2D eigenvalue weighted by Gasteiger charge is 2.39. The number of benzene rings is 3. The van der Waals surface area contributed by atoms with Crippen molar-refractivity contribution in [2.45, 2.75) is 0 Å². The zero-order chi connectivity index (χ0) is 28.4. The van der Waals surface area contributed by atoms with Crippen molar-refractivity contribution < 1.29 is 23.9 Å². The summed E-state index contributed by atoms with van der Waals surface area (Å²) in [7, 11) is 1.23. The maximum Gasteiger partial charge on any atom is 0.337 e. The van der Waals surface area contributed by atoms with E-state index in [1.54, 1.807) is 30.3 Å². The van der Waals surface area contributed by atoms with E-state index in [0.717, 1.165) is 10.5 Å². The van der Waals surface area contributed by atoms with Gasteiger partial charge in [-0.1, -0.05) is 47.5 Å². The van der Waals surface area contributed by atoms with Crippen LogP contribution in [0.1, 0.15) is 20.7 Å². The number of rotatable bonds is 7. The zero-order valence-electron chi connectivity index (χ0n) is 20.6. The van der Waals surface area contributed by atoms with E-state index in [1.807, 2.05) is 17.5 Å². The summed E-state index contributed by atoms with van der Waals surface area (Å²) in [4.78, 5) is 56.2. The summed E-state index contributed by atoms with van der Waals surface area (Å²) < 4.78 is 4.71. The predicted molar refractivity (Wildman–Crippen MR) is 154 cm³/mol. The Balaban J connectivity index is 1.31. The summed E-state index contributed by atoms with van der Waals surface area (Å²) in [5, 5.41) is 8.11. The monoisotopic (exact) mass is 592 g/mol. The van der Waals surface area contributed by atoms with Gasteiger partial charge in [-0.15, -0.1) is 11.3 Å². The molecule has 0 radical (unpaired) electrons. The summed E-state index contributed by atoms with van der Waals surface area (Å²) in [5.74, 6) is -2.52. The van der Waals surface area contributed by atoms with E-state index >= 15 is 0 Å². The van der Waals surface area contributed by atoms with Crippen molar-refractivity contribution in [2.75, 3.05) is 22.6 Å². The van der Waals surface area contributed by atoms with E-state index in [2.05, 4.69) is 15.6 Å². The summed E-state index contributed by atoms with van der Waals surface area (Å²) in [6.07, 6.45) is 0. The van der Waals surface area contributed by atoms with Gasteiger partial charge < -0.3 is 10.1 Å². The molecule has 1 aliphatic heterocycles. The van der Waals surface area contributed by atoms with Gasteiger partial charge in [-0.05, 0) is 48.5 Å². The Bertz CT molecular complexity index is 1700. The molecule has 0 atom stereocenters. The standard InChI is InChI=1S/C28H18Cl2N4O5S/c1-39-27(38)17-5-3-7-20(13-17)34-25(36)22(30)23(26(34)37)31-19-6-2-4-16(12-19)24(35)33-28-32-21(14-40-28)15-8-10-18(29)11-9-15/h2-14,31H,1H3,(H,32,33,35). The second-order valence-electron chi connectivity index (χ2n) is 8.38. The van der Waals surface area contributed by atoms with E-state index in [0.29, 0.717) is 21.5 Å². The Morgan fingerprint density at radius 2 is 1.65 bits per heavy atom. The largest absolute Gasteiger partial charge is 0.465 e. The third-order valence-electron chi connectivity index (χ3n) is 5.81. The molecule has 40 heavy (non-hydrogen) atoms. The van der Waals surface area contributed by atoms with Crippen LogP contribution in [0, 0.1) is 0 Å². The van der Waals surface area contributed by atoms with Gasteiger partial charge in [0.05, 0.1) is 24.1 Å². The van der Waals surface area contributed by atoms with Crippen LogP contribution in [0.3, 0.4) is 0 Å². The molecule has 1 aromatic heterocycles. The molecule has 2 heterocycles. The van der Waals surface area contributed by atoms with Crippen LogP contribution in [0.5, 0.6) is 0 Å². The minimum atomic E-state index is -0.759. The second kappa shape index (κ2) is 11.3. The van der Waals surface area contributed by atoms with Gasteiger partial charge in [0.15, 0.2) is 5.13 Å². The highest BCUT2D eigenvalue weighted by atomic mass is 35.5. The van der Waals surface area contributed by atoms with Crippen LogP contribution in [-0.2, 0) is 14.3 Å². The minimum Gasteiger partial charge on any atom is -0.465 e. The van der Waals surface area contributed by atoms with Crippen LogP contribution in [0.25, 0.3) is 11.3 Å². The molecule has 9 nitrogen and oxygen atoms in total. The molecule has 0 spiro atoms. The molecule has 12 heteroatoms. The molecular formula is C28H18Cl2N4O5S. The number of carbonyl (C=O) groups is 4. The molecule has 0 aliphatic carbocycles. The molecule has 0 fully saturated rings. The Morgan fingerprint density at radius 1 is 0.925 bits per heavy atom. The van der Waals surface area contributed by atoms with Crippen molar-refractivity contribution in [3.8, 4) is 11.3 Å². The van der Waals surface area contributed by atoms with Crippen LogP contribution in [-0.4, -0.2) is 35.8 Å². The highest BCUT2D eigenvalue weighted by Crippen LogP contribution is 2.31. The molecule has 0 saturated heterocycles. The summed E-state index contributed by atoms with van der Waals surface area (Å²) in [5.41, 5.74) is 2.34. The maximum absolute atomic E-state index is 13.2. The van der Waals surface area contributed by atoms with E-state index in [4.69, 9.17) is 27.9 Å². The number of esters is 1. The lowest BCUT2D eigenvalue weighted by Gasteiger charge is -2.16. The molecule has 200 valence electrons. The number of hydrogen-bond donors (Lipinski definition) is 2. The number of nitrogens with zero attached hydrogens (tertiary/aromatic N) is 2. The first-order chi connectivity index (χ1) is 19.2. The molecule has 0 unspecified atom stereocenters. The number of carbonyl (C=O) groups excluding carboxylic acids is 4. The first kappa shape index (κ1) is 27.1. The zero-order valence-corrected chi connectivity index (χ0v) is 22.9. The average molecular weight is 593 g/mol. The van der Waals surface area contributed by atoms with Gasteiger partial charge in [-0.2, -0.15) is 0 Å². The third kappa shape index (κ3) is 5.46. The van der Waals surface area contributed by atoms with E-state index in [-0.39, 0.29) is 27.5 Å². The van der Waals surface area contributed by atoms with Gasteiger partial charge in [-0.25, -0.2) is 14.7 Å². The van der Waals surface area contributed by atoms with Gasteiger partial charge >= 0.3 is 5.97 Å². The number of thiazole rings is 1. The van der Waals surface area contributed by atoms with Crippen molar-refractivity contribution in [3.63, 3.8) is 0 Å². The van der Waals surface area contributed by atoms with Crippen LogP contribution in [0.4, 0.5) is 16.5 Å².